The highest BCUT2D eigenvalue weighted by atomic mass is 16.6. The van der Waals surface area contributed by atoms with E-state index in [9.17, 15) is 4.79 Å². The number of benzene rings is 1. The molecular weight excluding hydrogens is 232 g/mol. The summed E-state index contributed by atoms with van der Waals surface area (Å²) in [5, 5.41) is 8.48. The Hall–Kier alpha value is -2.49. The molecule has 0 amide bonds. The lowest BCUT2D eigenvalue weighted by Gasteiger charge is -2.01. The molecule has 0 fully saturated rings. The second kappa shape index (κ2) is 5.23. The monoisotopic (exact) mass is 244 g/mol. The highest BCUT2D eigenvalue weighted by Gasteiger charge is 2.02. The fraction of sp³-hybridized carbons (Fsp3) is 0.0714. The van der Waals surface area contributed by atoms with Gasteiger partial charge in [0.1, 0.15) is 11.5 Å². The molecule has 0 spiro atoms. The van der Waals surface area contributed by atoms with Gasteiger partial charge in [0.15, 0.2) is 0 Å². The summed E-state index contributed by atoms with van der Waals surface area (Å²) in [5.74, 6) is 0.402. The van der Waals surface area contributed by atoms with Crippen molar-refractivity contribution in [3.05, 3.63) is 53.8 Å². The van der Waals surface area contributed by atoms with E-state index in [1.807, 2.05) is 31.2 Å². The quantitative estimate of drug-likeness (QED) is 0.836. The average Bonchev–Trinajstić information content (AvgIpc) is 2.77. The first-order valence-electron chi connectivity index (χ1n) is 5.39. The lowest BCUT2D eigenvalue weighted by Crippen LogP contribution is -1.84. The van der Waals surface area contributed by atoms with Gasteiger partial charge in [0, 0.05) is 12.1 Å². The zero-order chi connectivity index (χ0) is 13.0. The maximum Gasteiger partial charge on any atom is 0.328 e. The third-order valence-electron chi connectivity index (χ3n) is 2.23. The van der Waals surface area contributed by atoms with Gasteiger partial charge in [-0.25, -0.2) is 4.79 Å². The highest BCUT2D eigenvalue weighted by molar-refractivity contribution is 5.84. The van der Waals surface area contributed by atoms with Crippen LogP contribution in [0, 0.1) is 6.92 Å². The van der Waals surface area contributed by atoms with Crippen molar-refractivity contribution in [1.82, 2.24) is 0 Å². The number of aryl methyl sites for hydroxylation is 1. The Morgan fingerprint density at radius 2 is 1.94 bits per heavy atom. The van der Waals surface area contributed by atoms with Crippen molar-refractivity contribution in [2.24, 2.45) is 0 Å². The van der Waals surface area contributed by atoms with Crippen LogP contribution < -0.4 is 4.74 Å². The van der Waals surface area contributed by atoms with Crippen LogP contribution >= 0.6 is 0 Å². The number of carbonyl (C=O) groups is 1. The molecule has 2 rings (SSSR count). The van der Waals surface area contributed by atoms with Gasteiger partial charge in [-0.3, -0.25) is 0 Å². The van der Waals surface area contributed by atoms with Crippen LogP contribution in [0.3, 0.4) is 0 Å². The molecular formula is C14H12O4. The van der Waals surface area contributed by atoms with Gasteiger partial charge in [-0.2, -0.15) is 0 Å². The number of hydrogen-bond donors (Lipinski definition) is 1. The summed E-state index contributed by atoms with van der Waals surface area (Å²) in [5.41, 5.74) is 1.15. The minimum atomic E-state index is -1.02. The number of furan rings is 1. The molecule has 0 saturated carbocycles. The van der Waals surface area contributed by atoms with Crippen LogP contribution in [0.5, 0.6) is 11.7 Å². The average molecular weight is 244 g/mol. The third kappa shape index (κ3) is 3.25. The lowest BCUT2D eigenvalue weighted by atomic mass is 10.2. The molecule has 0 unspecified atom stereocenters. The molecule has 0 aliphatic rings. The van der Waals surface area contributed by atoms with Crippen LogP contribution in [0.2, 0.25) is 0 Å². The Labute approximate surface area is 104 Å². The topological polar surface area (TPSA) is 59.7 Å². The maximum absolute atomic E-state index is 10.3. The van der Waals surface area contributed by atoms with E-state index >= 15 is 0 Å². The smallest absolute Gasteiger partial charge is 0.328 e. The number of carboxylic acid groups (broad SMARTS) is 1. The molecule has 0 radical (unpaired) electrons. The fourth-order valence-corrected chi connectivity index (χ4v) is 1.35. The third-order valence-corrected chi connectivity index (χ3v) is 2.23. The Bertz CT molecular complexity index is 564. The van der Waals surface area contributed by atoms with Gasteiger partial charge in [-0.1, -0.05) is 17.7 Å². The van der Waals surface area contributed by atoms with Crippen molar-refractivity contribution in [2.75, 3.05) is 0 Å². The summed E-state index contributed by atoms with van der Waals surface area (Å²) >= 11 is 0. The second-order valence-corrected chi connectivity index (χ2v) is 3.74. The molecule has 4 nitrogen and oxygen atoms in total. The molecule has 0 saturated heterocycles. The first-order valence-corrected chi connectivity index (χ1v) is 5.39. The van der Waals surface area contributed by atoms with Gasteiger partial charge in [-0.15, -0.1) is 0 Å². The fourth-order valence-electron chi connectivity index (χ4n) is 1.35. The van der Waals surface area contributed by atoms with Crippen LogP contribution in [0.25, 0.3) is 6.08 Å². The Balaban J connectivity index is 2.06. The molecule has 1 heterocycles. The molecule has 0 aliphatic carbocycles. The maximum atomic E-state index is 10.3. The number of rotatable bonds is 4. The van der Waals surface area contributed by atoms with Crippen molar-refractivity contribution in [1.29, 1.82) is 0 Å². The van der Waals surface area contributed by atoms with E-state index in [0.717, 1.165) is 11.6 Å². The van der Waals surface area contributed by atoms with Crippen molar-refractivity contribution in [3.63, 3.8) is 0 Å². The van der Waals surface area contributed by atoms with Gasteiger partial charge < -0.3 is 14.3 Å². The van der Waals surface area contributed by atoms with Crippen LogP contribution in [0.1, 0.15) is 11.3 Å². The van der Waals surface area contributed by atoms with E-state index < -0.39 is 5.97 Å². The van der Waals surface area contributed by atoms with E-state index in [2.05, 4.69) is 0 Å². The summed E-state index contributed by atoms with van der Waals surface area (Å²) in [6.07, 6.45) is 2.37. The van der Waals surface area contributed by atoms with Gasteiger partial charge in [0.2, 0.25) is 0 Å². The molecule has 92 valence electrons. The summed E-state index contributed by atoms with van der Waals surface area (Å²) in [7, 11) is 0. The molecule has 18 heavy (non-hydrogen) atoms. The van der Waals surface area contributed by atoms with Gasteiger partial charge in [0.25, 0.3) is 5.95 Å². The van der Waals surface area contributed by atoms with Crippen LogP contribution in [0.15, 0.2) is 46.9 Å². The predicted octanol–water partition coefficient (Wildman–Crippen LogP) is 3.48. The molecule has 4 heteroatoms. The molecule has 2 aromatic rings. The first kappa shape index (κ1) is 12.0. The summed E-state index contributed by atoms with van der Waals surface area (Å²) in [6, 6.07) is 10.8. The number of aliphatic carboxylic acids is 1. The van der Waals surface area contributed by atoms with Gasteiger partial charge >= 0.3 is 5.97 Å². The number of ether oxygens (including phenoxy) is 1. The Kier molecular flexibility index (Phi) is 3.48. The number of hydrogen-bond acceptors (Lipinski definition) is 3. The predicted molar refractivity (Wildman–Crippen MR) is 66.6 cm³/mol. The van der Waals surface area contributed by atoms with E-state index in [1.54, 1.807) is 12.1 Å². The minimum Gasteiger partial charge on any atom is -0.478 e. The van der Waals surface area contributed by atoms with Crippen molar-refractivity contribution < 1.29 is 19.1 Å². The van der Waals surface area contributed by atoms with Crippen LogP contribution in [0.4, 0.5) is 0 Å². The minimum absolute atomic E-state index is 0.323. The standard InChI is InChI=1S/C14H12O4/c1-10-2-4-11(5-3-10)17-14-9-7-12(18-14)6-8-13(15)16/h2-9H,1H3,(H,15,16)/b8-6+. The summed E-state index contributed by atoms with van der Waals surface area (Å²) in [6.45, 7) is 1.99. The van der Waals surface area contributed by atoms with Crippen molar-refractivity contribution in [2.45, 2.75) is 6.92 Å². The first-order chi connectivity index (χ1) is 8.63. The molecule has 1 N–H and O–H groups in total. The van der Waals surface area contributed by atoms with Crippen molar-refractivity contribution >= 4 is 12.0 Å². The molecule has 0 bridgehead atoms. The van der Waals surface area contributed by atoms with Crippen molar-refractivity contribution in [3.8, 4) is 11.7 Å². The summed E-state index contributed by atoms with van der Waals surface area (Å²) < 4.78 is 10.8. The van der Waals surface area contributed by atoms with E-state index in [1.165, 1.54) is 6.08 Å². The van der Waals surface area contributed by atoms with E-state index in [0.29, 0.717) is 17.5 Å². The molecule has 0 aliphatic heterocycles. The van der Waals surface area contributed by atoms with Gasteiger partial charge in [-0.05, 0) is 31.2 Å². The Morgan fingerprint density at radius 1 is 1.22 bits per heavy atom. The van der Waals surface area contributed by atoms with E-state index in [-0.39, 0.29) is 0 Å². The highest BCUT2D eigenvalue weighted by Crippen LogP contribution is 2.24. The normalized spacial score (nSPS) is 10.7. The summed E-state index contributed by atoms with van der Waals surface area (Å²) in [4.78, 5) is 10.3. The van der Waals surface area contributed by atoms with Crippen LogP contribution in [-0.4, -0.2) is 11.1 Å². The molecule has 1 aromatic heterocycles. The number of carboxylic acids is 1. The van der Waals surface area contributed by atoms with E-state index in [4.69, 9.17) is 14.3 Å². The van der Waals surface area contributed by atoms with Crippen LogP contribution in [-0.2, 0) is 4.79 Å². The lowest BCUT2D eigenvalue weighted by molar-refractivity contribution is -0.131. The van der Waals surface area contributed by atoms with Gasteiger partial charge in [0.05, 0.1) is 0 Å². The molecule has 0 atom stereocenters. The SMILES string of the molecule is Cc1ccc(Oc2ccc(/C=C/C(=O)O)o2)cc1. The molecule has 1 aromatic carbocycles. The zero-order valence-corrected chi connectivity index (χ0v) is 9.79. The Morgan fingerprint density at radius 3 is 2.61 bits per heavy atom. The zero-order valence-electron chi connectivity index (χ0n) is 9.79. The largest absolute Gasteiger partial charge is 0.478 e. The second-order valence-electron chi connectivity index (χ2n) is 3.74.